The Labute approximate surface area is 183 Å². The second-order valence-electron chi connectivity index (χ2n) is 8.90. The number of hydrogen-bond donors (Lipinski definition) is 2. The SMILES string of the molecule is CC1CCC2(CC1)NC(=O)N(CC(=O)N1C[C@@H](CN)[C@H](c3ccccc3)C1)C2=O.Cl. The Morgan fingerprint density at radius 1 is 1.17 bits per heavy atom. The van der Waals surface area contributed by atoms with Gasteiger partial charge < -0.3 is 16.0 Å². The van der Waals surface area contributed by atoms with E-state index >= 15 is 0 Å². The molecule has 4 rings (SSSR count). The number of carbonyl (C=O) groups excluding carboxylic acids is 3. The zero-order valence-corrected chi connectivity index (χ0v) is 18.2. The number of hydrogen-bond acceptors (Lipinski definition) is 4. The molecule has 1 spiro atoms. The van der Waals surface area contributed by atoms with Crippen LogP contribution < -0.4 is 11.1 Å². The van der Waals surface area contributed by atoms with Crippen molar-refractivity contribution in [3.63, 3.8) is 0 Å². The standard InChI is InChI=1S/C22H30N4O3.ClH/c1-15-7-9-22(10-8-15)20(28)26(21(29)24-22)14-19(27)25-12-17(11-23)18(13-25)16-5-3-2-4-6-16;/h2-6,15,17-18H,7-14,23H2,1H3,(H,24,29);1H/t15?,17-,18+,22?;/m1./s1. The maximum Gasteiger partial charge on any atom is 0.325 e. The van der Waals surface area contributed by atoms with E-state index in [9.17, 15) is 14.4 Å². The molecule has 1 aromatic rings. The molecule has 0 bridgehead atoms. The first-order valence-electron chi connectivity index (χ1n) is 10.6. The van der Waals surface area contributed by atoms with Gasteiger partial charge in [0.15, 0.2) is 0 Å². The molecule has 1 aliphatic carbocycles. The van der Waals surface area contributed by atoms with E-state index < -0.39 is 11.6 Å². The third-order valence-electron chi connectivity index (χ3n) is 6.99. The smallest absolute Gasteiger partial charge is 0.325 e. The molecule has 1 saturated carbocycles. The predicted molar refractivity (Wildman–Crippen MR) is 116 cm³/mol. The van der Waals surface area contributed by atoms with Crippen molar-refractivity contribution in [1.82, 2.24) is 15.1 Å². The van der Waals surface area contributed by atoms with E-state index in [1.807, 2.05) is 18.2 Å². The van der Waals surface area contributed by atoms with Gasteiger partial charge in [-0.1, -0.05) is 37.3 Å². The number of imide groups is 1. The number of nitrogens with zero attached hydrogens (tertiary/aromatic N) is 2. The molecule has 4 amide bonds. The topological polar surface area (TPSA) is 95.7 Å². The van der Waals surface area contributed by atoms with Gasteiger partial charge in [0.1, 0.15) is 12.1 Å². The molecule has 2 heterocycles. The second kappa shape index (κ2) is 8.94. The Bertz CT molecular complexity index is 795. The number of amides is 4. The van der Waals surface area contributed by atoms with Gasteiger partial charge in [-0.3, -0.25) is 14.5 Å². The average Bonchev–Trinajstić information content (AvgIpc) is 3.26. The summed E-state index contributed by atoms with van der Waals surface area (Å²) in [5.41, 5.74) is 6.34. The van der Waals surface area contributed by atoms with Crippen molar-refractivity contribution in [2.75, 3.05) is 26.2 Å². The molecule has 1 aromatic carbocycles. The third-order valence-corrected chi connectivity index (χ3v) is 6.99. The van der Waals surface area contributed by atoms with Crippen LogP contribution in [0.25, 0.3) is 0 Å². The van der Waals surface area contributed by atoms with Crippen molar-refractivity contribution < 1.29 is 14.4 Å². The van der Waals surface area contributed by atoms with E-state index in [4.69, 9.17) is 5.73 Å². The van der Waals surface area contributed by atoms with E-state index in [0.717, 1.165) is 17.7 Å². The minimum atomic E-state index is -0.804. The van der Waals surface area contributed by atoms with Crippen LogP contribution in [-0.4, -0.2) is 59.4 Å². The molecule has 2 atom stereocenters. The molecule has 3 aliphatic rings. The van der Waals surface area contributed by atoms with Crippen molar-refractivity contribution in [2.45, 2.75) is 44.1 Å². The average molecular weight is 435 g/mol. The fourth-order valence-corrected chi connectivity index (χ4v) is 5.04. The lowest BCUT2D eigenvalue weighted by Crippen LogP contribution is -2.50. The largest absolute Gasteiger partial charge is 0.340 e. The normalized spacial score (nSPS) is 31.1. The van der Waals surface area contributed by atoms with Gasteiger partial charge in [0.05, 0.1) is 0 Å². The van der Waals surface area contributed by atoms with Crippen molar-refractivity contribution in [3.8, 4) is 0 Å². The van der Waals surface area contributed by atoms with Crippen LogP contribution in [0.4, 0.5) is 4.79 Å². The Morgan fingerprint density at radius 3 is 2.47 bits per heavy atom. The highest BCUT2D eigenvalue weighted by molar-refractivity contribution is 6.09. The van der Waals surface area contributed by atoms with Crippen LogP contribution in [0.3, 0.4) is 0 Å². The minimum absolute atomic E-state index is 0. The zero-order valence-electron chi connectivity index (χ0n) is 17.4. The van der Waals surface area contributed by atoms with Crippen LogP contribution in [0.5, 0.6) is 0 Å². The Hall–Kier alpha value is -2.12. The van der Waals surface area contributed by atoms with Gasteiger partial charge in [-0.05, 0) is 49.6 Å². The fourth-order valence-electron chi connectivity index (χ4n) is 5.04. The second-order valence-corrected chi connectivity index (χ2v) is 8.90. The molecule has 30 heavy (non-hydrogen) atoms. The molecule has 0 unspecified atom stereocenters. The molecule has 0 radical (unpaired) electrons. The van der Waals surface area contributed by atoms with E-state index in [2.05, 4.69) is 24.4 Å². The van der Waals surface area contributed by atoms with Gasteiger partial charge in [-0.15, -0.1) is 12.4 Å². The van der Waals surface area contributed by atoms with E-state index in [1.54, 1.807) is 4.90 Å². The molecule has 164 valence electrons. The zero-order chi connectivity index (χ0) is 20.6. The summed E-state index contributed by atoms with van der Waals surface area (Å²) in [7, 11) is 0. The number of nitrogens with one attached hydrogen (secondary N) is 1. The molecular weight excluding hydrogens is 404 g/mol. The van der Waals surface area contributed by atoms with Crippen LogP contribution in [0.1, 0.15) is 44.1 Å². The summed E-state index contributed by atoms with van der Waals surface area (Å²) in [6.07, 6.45) is 3.13. The Morgan fingerprint density at radius 2 is 1.83 bits per heavy atom. The maximum absolute atomic E-state index is 13.0. The van der Waals surface area contributed by atoms with Gasteiger partial charge in [-0.2, -0.15) is 0 Å². The van der Waals surface area contributed by atoms with E-state index in [0.29, 0.717) is 38.4 Å². The van der Waals surface area contributed by atoms with Gasteiger partial charge in [0.2, 0.25) is 5.91 Å². The number of nitrogens with two attached hydrogens (primary N) is 1. The van der Waals surface area contributed by atoms with Gasteiger partial charge in [0.25, 0.3) is 5.91 Å². The van der Waals surface area contributed by atoms with Crippen molar-refractivity contribution in [2.24, 2.45) is 17.6 Å². The summed E-state index contributed by atoms with van der Waals surface area (Å²) >= 11 is 0. The monoisotopic (exact) mass is 434 g/mol. The number of halogens is 1. The first-order chi connectivity index (χ1) is 13.9. The quantitative estimate of drug-likeness (QED) is 0.709. The molecule has 7 nitrogen and oxygen atoms in total. The summed E-state index contributed by atoms with van der Waals surface area (Å²) in [5, 5.41) is 2.89. The lowest BCUT2D eigenvalue weighted by atomic mass is 9.77. The minimum Gasteiger partial charge on any atom is -0.340 e. The van der Waals surface area contributed by atoms with Crippen molar-refractivity contribution in [3.05, 3.63) is 35.9 Å². The van der Waals surface area contributed by atoms with Crippen molar-refractivity contribution >= 4 is 30.3 Å². The van der Waals surface area contributed by atoms with Crippen LogP contribution in [0, 0.1) is 11.8 Å². The summed E-state index contributed by atoms with van der Waals surface area (Å²) < 4.78 is 0. The molecule has 8 heteroatoms. The summed E-state index contributed by atoms with van der Waals surface area (Å²) in [4.78, 5) is 41.3. The molecule has 2 saturated heterocycles. The first kappa shape index (κ1) is 22.6. The number of benzene rings is 1. The number of carbonyl (C=O) groups is 3. The highest BCUT2D eigenvalue weighted by Crippen LogP contribution is 2.37. The first-order valence-corrected chi connectivity index (χ1v) is 10.6. The molecule has 0 aromatic heterocycles. The van der Waals surface area contributed by atoms with Crippen LogP contribution in [0.15, 0.2) is 30.3 Å². The highest BCUT2D eigenvalue weighted by Gasteiger charge is 2.52. The number of urea groups is 1. The van der Waals surface area contributed by atoms with Gasteiger partial charge in [0, 0.05) is 19.0 Å². The molecular formula is C22H31ClN4O3. The van der Waals surface area contributed by atoms with Crippen LogP contribution in [-0.2, 0) is 9.59 Å². The maximum atomic E-state index is 13.0. The number of likely N-dealkylation sites (tertiary alicyclic amines) is 1. The molecule has 2 aliphatic heterocycles. The van der Waals surface area contributed by atoms with Gasteiger partial charge >= 0.3 is 6.03 Å². The summed E-state index contributed by atoms with van der Waals surface area (Å²) in [5.74, 6) is 0.493. The summed E-state index contributed by atoms with van der Waals surface area (Å²) in [6, 6.07) is 9.64. The van der Waals surface area contributed by atoms with Crippen molar-refractivity contribution in [1.29, 1.82) is 0 Å². The molecule has 3 N–H and O–H groups in total. The molecule has 3 fully saturated rings. The summed E-state index contributed by atoms with van der Waals surface area (Å²) in [6.45, 7) is 3.59. The van der Waals surface area contributed by atoms with Gasteiger partial charge in [-0.25, -0.2) is 4.79 Å². The highest BCUT2D eigenvalue weighted by atomic mass is 35.5. The Kier molecular flexibility index (Phi) is 6.72. The lowest BCUT2D eigenvalue weighted by molar-refractivity contribution is -0.139. The van der Waals surface area contributed by atoms with Crippen LogP contribution in [0.2, 0.25) is 0 Å². The fraction of sp³-hybridized carbons (Fsp3) is 0.591. The van der Waals surface area contributed by atoms with E-state index in [-0.39, 0.29) is 42.6 Å². The predicted octanol–water partition coefficient (Wildman–Crippen LogP) is 2.11. The van der Waals surface area contributed by atoms with Crippen LogP contribution >= 0.6 is 12.4 Å². The number of rotatable bonds is 4. The Balaban J connectivity index is 0.00000256. The third kappa shape index (κ3) is 4.05. The van der Waals surface area contributed by atoms with E-state index in [1.165, 1.54) is 5.56 Å². The lowest BCUT2D eigenvalue weighted by Gasteiger charge is -2.33.